The van der Waals surface area contributed by atoms with Crippen molar-refractivity contribution in [3.63, 3.8) is 0 Å². The van der Waals surface area contributed by atoms with Crippen LogP contribution in [0.2, 0.25) is 0 Å². The fourth-order valence-electron chi connectivity index (χ4n) is 7.28. The molecule has 0 saturated heterocycles. The predicted octanol–water partition coefficient (Wildman–Crippen LogP) is 10.8. The van der Waals surface area contributed by atoms with E-state index in [-0.39, 0.29) is 0 Å². The molecule has 0 radical (unpaired) electrons. The summed E-state index contributed by atoms with van der Waals surface area (Å²) in [5, 5.41) is 9.09. The van der Waals surface area contributed by atoms with Crippen molar-refractivity contribution < 1.29 is 0 Å². The molecule has 7 aromatic rings. The number of thiophene rings is 1. The molecule has 0 aliphatic heterocycles. The summed E-state index contributed by atoms with van der Waals surface area (Å²) in [6, 6.07) is 44.7. The Labute approximate surface area is 266 Å². The van der Waals surface area contributed by atoms with E-state index in [1.807, 2.05) is 11.3 Å². The minimum Gasteiger partial charge on any atom is -0.135 e. The molecule has 0 saturated carbocycles. The molecule has 212 valence electrons. The second-order valence-electron chi connectivity index (χ2n) is 11.9. The highest BCUT2D eigenvalue weighted by atomic mass is 32.1. The van der Waals surface area contributed by atoms with Gasteiger partial charge in [-0.2, -0.15) is 0 Å². The maximum atomic E-state index is 2.42. The van der Waals surface area contributed by atoms with Gasteiger partial charge in [-0.25, -0.2) is 0 Å². The highest BCUT2D eigenvalue weighted by molar-refractivity contribution is 7.20. The Kier molecular flexibility index (Phi) is 6.25. The molecule has 2 aliphatic rings. The molecule has 0 spiro atoms. The Balaban J connectivity index is 1.27. The fourth-order valence-corrected chi connectivity index (χ4v) is 8.53. The molecular weight excluding hydrogens is 561 g/mol. The lowest BCUT2D eigenvalue weighted by Crippen LogP contribution is -2.22. The van der Waals surface area contributed by atoms with Crippen molar-refractivity contribution in [2.24, 2.45) is 0 Å². The van der Waals surface area contributed by atoms with Crippen LogP contribution in [-0.2, 0) is 0 Å². The Morgan fingerprint density at radius 1 is 0.489 bits per heavy atom. The molecule has 2 aliphatic carbocycles. The zero-order chi connectivity index (χ0) is 29.7. The molecule has 1 aromatic heterocycles. The second-order valence-corrected chi connectivity index (χ2v) is 12.9. The van der Waals surface area contributed by atoms with Gasteiger partial charge in [0.2, 0.25) is 0 Å². The largest absolute Gasteiger partial charge is 0.135 e. The number of hydrogen-bond donors (Lipinski definition) is 0. The molecule has 0 amide bonds. The third-order valence-corrected chi connectivity index (χ3v) is 10.5. The first kappa shape index (κ1) is 26.2. The van der Waals surface area contributed by atoms with Crippen LogP contribution in [0.1, 0.15) is 34.4 Å². The smallest absolute Gasteiger partial charge is 0.0430 e. The van der Waals surface area contributed by atoms with Gasteiger partial charge >= 0.3 is 0 Å². The molecule has 1 heteroatoms. The summed E-state index contributed by atoms with van der Waals surface area (Å²) in [6.45, 7) is 0. The molecule has 0 bridgehead atoms. The van der Waals surface area contributed by atoms with E-state index in [0.29, 0.717) is 0 Å². The third-order valence-electron chi connectivity index (χ3n) is 9.29. The monoisotopic (exact) mass is 590 g/mol. The van der Waals surface area contributed by atoms with E-state index < -0.39 is 0 Å². The quantitative estimate of drug-likeness (QED) is 0.180. The SMILES string of the molecule is C1=Cc2c(sc3ccccc23)C(c2cccc(-c3c4ccccc4c(C4=CCC=c5ccccc5=C4)c4ccccc34)c2)=CC1. The van der Waals surface area contributed by atoms with Crippen molar-refractivity contribution in [3.8, 4) is 11.1 Å². The molecule has 9 rings (SSSR count). The summed E-state index contributed by atoms with van der Waals surface area (Å²) >= 11 is 1.91. The van der Waals surface area contributed by atoms with Crippen LogP contribution in [0.15, 0.2) is 140 Å². The van der Waals surface area contributed by atoms with E-state index in [1.54, 1.807) is 0 Å². The highest BCUT2D eigenvalue weighted by Crippen LogP contribution is 2.45. The van der Waals surface area contributed by atoms with Crippen molar-refractivity contribution in [2.75, 3.05) is 0 Å². The Morgan fingerprint density at radius 3 is 1.91 bits per heavy atom. The van der Waals surface area contributed by atoms with Crippen LogP contribution in [0, 0.1) is 0 Å². The first-order valence-corrected chi connectivity index (χ1v) is 16.6. The van der Waals surface area contributed by atoms with Crippen LogP contribution in [0.25, 0.3) is 72.1 Å². The van der Waals surface area contributed by atoms with Gasteiger partial charge in [0.05, 0.1) is 0 Å². The van der Waals surface area contributed by atoms with Crippen LogP contribution in [-0.4, -0.2) is 0 Å². The van der Waals surface area contributed by atoms with E-state index in [1.165, 1.54) is 85.9 Å². The lowest BCUT2D eigenvalue weighted by Gasteiger charge is -2.19. The topological polar surface area (TPSA) is 0 Å². The van der Waals surface area contributed by atoms with Crippen molar-refractivity contribution in [1.29, 1.82) is 0 Å². The second kappa shape index (κ2) is 10.7. The van der Waals surface area contributed by atoms with Gasteiger partial charge in [0.15, 0.2) is 0 Å². The number of fused-ring (bicyclic) bond motifs is 6. The van der Waals surface area contributed by atoms with Gasteiger partial charge in [0.25, 0.3) is 0 Å². The van der Waals surface area contributed by atoms with Gasteiger partial charge in [0, 0.05) is 20.5 Å². The number of allylic oxidation sites excluding steroid dienone is 4. The van der Waals surface area contributed by atoms with Crippen molar-refractivity contribution in [3.05, 3.63) is 172 Å². The molecule has 0 atom stereocenters. The molecule has 0 nitrogen and oxygen atoms in total. The normalized spacial score (nSPS) is 14.1. The summed E-state index contributed by atoms with van der Waals surface area (Å²) in [6.07, 6.45) is 16.0. The number of hydrogen-bond acceptors (Lipinski definition) is 1. The van der Waals surface area contributed by atoms with E-state index in [4.69, 9.17) is 0 Å². The van der Waals surface area contributed by atoms with E-state index in [2.05, 4.69) is 158 Å². The highest BCUT2D eigenvalue weighted by Gasteiger charge is 2.20. The van der Waals surface area contributed by atoms with Gasteiger partial charge < -0.3 is 0 Å². The van der Waals surface area contributed by atoms with Gasteiger partial charge in [-0.05, 0) is 96.4 Å². The molecular formula is C44H30S. The average Bonchev–Trinajstić information content (AvgIpc) is 3.20. The summed E-state index contributed by atoms with van der Waals surface area (Å²) in [5.74, 6) is 0. The van der Waals surface area contributed by atoms with Crippen LogP contribution in [0.3, 0.4) is 0 Å². The Hall–Kier alpha value is -5.24. The van der Waals surface area contributed by atoms with Crippen LogP contribution >= 0.6 is 11.3 Å². The predicted molar refractivity (Wildman–Crippen MR) is 197 cm³/mol. The lowest BCUT2D eigenvalue weighted by molar-refractivity contribution is 1.42. The zero-order valence-corrected chi connectivity index (χ0v) is 25.7. The summed E-state index contributed by atoms with van der Waals surface area (Å²) in [5.41, 5.74) is 9.11. The molecule has 0 N–H and O–H groups in total. The Bertz CT molecular complexity index is 2480. The van der Waals surface area contributed by atoms with Crippen molar-refractivity contribution >= 4 is 72.3 Å². The average molecular weight is 591 g/mol. The fraction of sp³-hybridized carbons (Fsp3) is 0.0455. The maximum Gasteiger partial charge on any atom is 0.0430 e. The van der Waals surface area contributed by atoms with Crippen LogP contribution in [0.5, 0.6) is 0 Å². The van der Waals surface area contributed by atoms with Gasteiger partial charge in [-0.1, -0.05) is 140 Å². The van der Waals surface area contributed by atoms with Gasteiger partial charge in [0.1, 0.15) is 0 Å². The summed E-state index contributed by atoms with van der Waals surface area (Å²) in [7, 11) is 0. The lowest BCUT2D eigenvalue weighted by atomic mass is 9.85. The minimum atomic E-state index is 0.916. The van der Waals surface area contributed by atoms with E-state index >= 15 is 0 Å². The van der Waals surface area contributed by atoms with Crippen LogP contribution in [0.4, 0.5) is 0 Å². The molecule has 1 heterocycles. The van der Waals surface area contributed by atoms with Gasteiger partial charge in [-0.3, -0.25) is 0 Å². The van der Waals surface area contributed by atoms with E-state index in [0.717, 1.165) is 12.8 Å². The standard InChI is InChI=1S/C44H30S/c1-2-14-30-27-32(17-11-15-29(30)13-1)42-36-21-4-6-23-38(36)43(39-24-7-5-22-37(39)42)33-18-12-16-31(28-33)34-19-3-8-25-40-35-20-9-10-26-41(35)45-44(34)40/h1-2,4-10,12-28H,3,11H2. The summed E-state index contributed by atoms with van der Waals surface area (Å²) in [4.78, 5) is 1.36. The van der Waals surface area contributed by atoms with Crippen LogP contribution < -0.4 is 10.4 Å². The third kappa shape index (κ3) is 4.35. The minimum absolute atomic E-state index is 0.916. The first-order valence-electron chi connectivity index (χ1n) is 15.7. The molecule has 0 unspecified atom stereocenters. The molecule has 0 fully saturated rings. The molecule has 6 aromatic carbocycles. The summed E-state index contributed by atoms with van der Waals surface area (Å²) < 4.78 is 1.34. The Morgan fingerprint density at radius 2 is 1.13 bits per heavy atom. The number of benzene rings is 6. The maximum absolute atomic E-state index is 2.42. The van der Waals surface area contributed by atoms with E-state index in [9.17, 15) is 0 Å². The zero-order valence-electron chi connectivity index (χ0n) is 24.8. The number of rotatable bonds is 3. The van der Waals surface area contributed by atoms with Gasteiger partial charge in [-0.15, -0.1) is 11.3 Å². The van der Waals surface area contributed by atoms with Crippen molar-refractivity contribution in [2.45, 2.75) is 12.8 Å². The first-order chi connectivity index (χ1) is 22.3. The molecule has 45 heavy (non-hydrogen) atoms. The van der Waals surface area contributed by atoms with Crippen molar-refractivity contribution in [1.82, 2.24) is 0 Å².